The summed E-state index contributed by atoms with van der Waals surface area (Å²) < 4.78 is 2.06. The summed E-state index contributed by atoms with van der Waals surface area (Å²) in [5, 5.41) is 9.48. The van der Waals surface area contributed by atoms with Crippen LogP contribution in [0.4, 0.5) is 0 Å². The van der Waals surface area contributed by atoms with E-state index in [0.717, 1.165) is 34.2 Å². The van der Waals surface area contributed by atoms with Gasteiger partial charge in [0.1, 0.15) is 0 Å². The van der Waals surface area contributed by atoms with E-state index in [1.165, 1.54) is 17.3 Å². The van der Waals surface area contributed by atoms with E-state index >= 15 is 0 Å². The first kappa shape index (κ1) is 20.1. The predicted molar refractivity (Wildman–Crippen MR) is 123 cm³/mol. The summed E-state index contributed by atoms with van der Waals surface area (Å²) in [6, 6.07) is 26.2. The Labute approximate surface area is 181 Å². The fourth-order valence-corrected chi connectivity index (χ4v) is 4.27. The minimum absolute atomic E-state index is 0.0855. The molecule has 0 saturated heterocycles. The molecule has 0 atom stereocenters. The molecule has 150 valence electrons. The van der Waals surface area contributed by atoms with Gasteiger partial charge in [0.25, 0.3) is 0 Å². The Hall–Kier alpha value is -3.18. The molecule has 0 aliphatic rings. The highest BCUT2D eigenvalue weighted by Gasteiger charge is 2.15. The zero-order chi connectivity index (χ0) is 20.9. The summed E-state index contributed by atoms with van der Waals surface area (Å²) in [7, 11) is 0. The molecule has 0 spiro atoms. The number of carbonyl (C=O) groups is 1. The van der Waals surface area contributed by atoms with Gasteiger partial charge in [0, 0.05) is 17.7 Å². The van der Waals surface area contributed by atoms with E-state index in [1.807, 2.05) is 54.6 Å². The molecule has 4 rings (SSSR count). The summed E-state index contributed by atoms with van der Waals surface area (Å²) in [4.78, 5) is 12.7. The van der Waals surface area contributed by atoms with Crippen molar-refractivity contribution in [1.82, 2.24) is 14.8 Å². The summed E-state index contributed by atoms with van der Waals surface area (Å²) in [5.41, 5.74) is 5.18. The highest BCUT2D eigenvalue weighted by molar-refractivity contribution is 7.99. The molecule has 0 aliphatic heterocycles. The van der Waals surface area contributed by atoms with Crippen LogP contribution in [0.15, 0.2) is 84.0 Å². The lowest BCUT2D eigenvalue weighted by Crippen LogP contribution is -2.05. The Balaban J connectivity index is 1.46. The second-order valence-corrected chi connectivity index (χ2v) is 8.02. The van der Waals surface area contributed by atoms with Gasteiger partial charge < -0.3 is 4.57 Å². The Bertz CT molecular complexity index is 1150. The van der Waals surface area contributed by atoms with E-state index in [-0.39, 0.29) is 5.78 Å². The molecule has 0 radical (unpaired) electrons. The van der Waals surface area contributed by atoms with Crippen LogP contribution in [-0.4, -0.2) is 26.3 Å². The van der Waals surface area contributed by atoms with Crippen LogP contribution in [0.5, 0.6) is 0 Å². The second kappa shape index (κ2) is 9.09. The normalized spacial score (nSPS) is 10.9. The van der Waals surface area contributed by atoms with Crippen molar-refractivity contribution in [2.45, 2.75) is 25.5 Å². The lowest BCUT2D eigenvalue weighted by molar-refractivity contribution is 0.102. The number of Topliss-reactive ketones (excluding diaryl/α,β-unsaturated/α-hetero) is 1. The summed E-state index contributed by atoms with van der Waals surface area (Å²) in [6.07, 6.45) is 0. The molecular formula is C25H23N3OS. The molecule has 30 heavy (non-hydrogen) atoms. The molecule has 0 unspecified atom stereocenters. The number of benzene rings is 3. The minimum atomic E-state index is 0.0855. The average Bonchev–Trinajstić information content (AvgIpc) is 3.21. The Morgan fingerprint density at radius 1 is 0.867 bits per heavy atom. The van der Waals surface area contributed by atoms with Gasteiger partial charge in [-0.2, -0.15) is 0 Å². The molecule has 4 nitrogen and oxygen atoms in total. The van der Waals surface area contributed by atoms with Gasteiger partial charge in [0.05, 0.1) is 5.75 Å². The van der Waals surface area contributed by atoms with Crippen LogP contribution >= 0.6 is 11.8 Å². The third-order valence-electron chi connectivity index (χ3n) is 4.96. The highest BCUT2D eigenvalue weighted by atomic mass is 32.2. The van der Waals surface area contributed by atoms with Crippen LogP contribution in [0.25, 0.3) is 22.5 Å². The molecule has 0 bridgehead atoms. The number of thioether (sulfide) groups is 1. The Morgan fingerprint density at radius 3 is 2.27 bits per heavy atom. The molecule has 1 aromatic heterocycles. The predicted octanol–water partition coefficient (Wildman–Crippen LogP) is 5.92. The van der Waals surface area contributed by atoms with Crippen molar-refractivity contribution in [2.75, 3.05) is 5.75 Å². The SMILES string of the molecule is CCn1c(SCC(=O)c2ccc(-c3ccccc3)cc2)nnc1-c1cccc(C)c1. The first-order valence-corrected chi connectivity index (χ1v) is 11.0. The third-order valence-corrected chi connectivity index (χ3v) is 5.92. The van der Waals surface area contributed by atoms with Gasteiger partial charge >= 0.3 is 0 Å². The van der Waals surface area contributed by atoms with Crippen LogP contribution < -0.4 is 0 Å². The summed E-state index contributed by atoms with van der Waals surface area (Å²) in [6.45, 7) is 4.88. The van der Waals surface area contributed by atoms with Crippen molar-refractivity contribution in [3.05, 3.63) is 90.0 Å². The summed E-state index contributed by atoms with van der Waals surface area (Å²) in [5.74, 6) is 1.25. The smallest absolute Gasteiger partial charge is 0.191 e. The maximum Gasteiger partial charge on any atom is 0.191 e. The number of aromatic nitrogens is 3. The molecule has 0 aliphatic carbocycles. The lowest BCUT2D eigenvalue weighted by atomic mass is 10.0. The highest BCUT2D eigenvalue weighted by Crippen LogP contribution is 2.26. The first-order chi connectivity index (χ1) is 14.7. The quantitative estimate of drug-likeness (QED) is 0.279. The van der Waals surface area contributed by atoms with Crippen LogP contribution in [0.2, 0.25) is 0 Å². The van der Waals surface area contributed by atoms with Crippen molar-refractivity contribution < 1.29 is 4.79 Å². The van der Waals surface area contributed by atoms with Crippen molar-refractivity contribution in [3.63, 3.8) is 0 Å². The topological polar surface area (TPSA) is 47.8 Å². The number of hydrogen-bond donors (Lipinski definition) is 0. The number of rotatable bonds is 7. The number of hydrogen-bond acceptors (Lipinski definition) is 4. The van der Waals surface area contributed by atoms with Crippen molar-refractivity contribution in [1.29, 1.82) is 0 Å². The molecule has 5 heteroatoms. The molecule has 4 aromatic rings. The van der Waals surface area contributed by atoms with Gasteiger partial charge in [-0.1, -0.05) is 90.1 Å². The molecule has 0 amide bonds. The largest absolute Gasteiger partial charge is 0.302 e. The molecule has 0 N–H and O–H groups in total. The molecular weight excluding hydrogens is 390 g/mol. The first-order valence-electron chi connectivity index (χ1n) is 9.97. The molecule has 0 saturated carbocycles. The van der Waals surface area contributed by atoms with E-state index in [1.54, 1.807) is 0 Å². The molecule has 1 heterocycles. The van der Waals surface area contributed by atoms with Gasteiger partial charge in [0.15, 0.2) is 16.8 Å². The minimum Gasteiger partial charge on any atom is -0.302 e. The number of ketones is 1. The zero-order valence-electron chi connectivity index (χ0n) is 17.1. The number of nitrogens with zero attached hydrogens (tertiary/aromatic N) is 3. The van der Waals surface area contributed by atoms with Crippen LogP contribution in [0.1, 0.15) is 22.8 Å². The maximum atomic E-state index is 12.7. The lowest BCUT2D eigenvalue weighted by Gasteiger charge is -2.08. The van der Waals surface area contributed by atoms with E-state index in [2.05, 4.69) is 52.9 Å². The van der Waals surface area contributed by atoms with Gasteiger partial charge in [-0.25, -0.2) is 0 Å². The van der Waals surface area contributed by atoms with Gasteiger partial charge in [-0.3, -0.25) is 4.79 Å². The van der Waals surface area contributed by atoms with E-state index in [9.17, 15) is 4.79 Å². The van der Waals surface area contributed by atoms with Crippen molar-refractivity contribution in [3.8, 4) is 22.5 Å². The molecule has 3 aromatic carbocycles. The Morgan fingerprint density at radius 2 is 1.57 bits per heavy atom. The monoisotopic (exact) mass is 413 g/mol. The Kier molecular flexibility index (Phi) is 6.10. The van der Waals surface area contributed by atoms with Crippen LogP contribution in [-0.2, 0) is 6.54 Å². The van der Waals surface area contributed by atoms with E-state index in [0.29, 0.717) is 11.3 Å². The van der Waals surface area contributed by atoms with Crippen molar-refractivity contribution in [2.24, 2.45) is 0 Å². The van der Waals surface area contributed by atoms with Crippen molar-refractivity contribution >= 4 is 17.5 Å². The second-order valence-electron chi connectivity index (χ2n) is 7.08. The fraction of sp³-hybridized carbons (Fsp3) is 0.160. The standard InChI is InChI=1S/C25H23N3OS/c1-3-28-24(22-11-7-8-18(2)16-22)26-27-25(28)30-17-23(29)21-14-12-20(13-15-21)19-9-5-4-6-10-19/h4-16H,3,17H2,1-2H3. The number of aryl methyl sites for hydroxylation is 1. The van der Waals surface area contributed by atoms with Crippen LogP contribution in [0.3, 0.4) is 0 Å². The average molecular weight is 414 g/mol. The number of carbonyl (C=O) groups excluding carboxylic acids is 1. The van der Waals surface area contributed by atoms with Gasteiger partial charge in [-0.05, 0) is 31.0 Å². The summed E-state index contributed by atoms with van der Waals surface area (Å²) >= 11 is 1.43. The fourth-order valence-electron chi connectivity index (χ4n) is 3.37. The molecule has 0 fully saturated rings. The van der Waals surface area contributed by atoms with Gasteiger partial charge in [0.2, 0.25) is 0 Å². The zero-order valence-corrected chi connectivity index (χ0v) is 17.9. The van der Waals surface area contributed by atoms with E-state index < -0.39 is 0 Å². The van der Waals surface area contributed by atoms with E-state index in [4.69, 9.17) is 0 Å². The van der Waals surface area contributed by atoms with Gasteiger partial charge in [-0.15, -0.1) is 10.2 Å². The van der Waals surface area contributed by atoms with Crippen LogP contribution in [0, 0.1) is 6.92 Å². The maximum absolute atomic E-state index is 12.7. The third kappa shape index (κ3) is 4.36.